The van der Waals surface area contributed by atoms with Crippen molar-refractivity contribution >= 4 is 11.5 Å². The van der Waals surface area contributed by atoms with Crippen LogP contribution in [0, 0.1) is 0 Å². The average molecular weight is 220 g/mol. The molecule has 86 valence electrons. The molecule has 0 saturated carbocycles. The van der Waals surface area contributed by atoms with E-state index in [0.717, 1.165) is 43.4 Å². The molecule has 3 heteroatoms. The summed E-state index contributed by atoms with van der Waals surface area (Å²) in [6, 6.07) is 1.66. The number of furan rings is 1. The van der Waals surface area contributed by atoms with E-state index in [1.54, 1.807) is 6.07 Å². The van der Waals surface area contributed by atoms with Gasteiger partial charge in [0, 0.05) is 12.0 Å². The fourth-order valence-electron chi connectivity index (χ4n) is 2.10. The van der Waals surface area contributed by atoms with Crippen LogP contribution >= 0.6 is 0 Å². The number of fused-ring (bicyclic) bond motifs is 1. The average Bonchev–Trinajstić information content (AvgIpc) is 2.70. The Morgan fingerprint density at radius 1 is 1.56 bits per heavy atom. The van der Waals surface area contributed by atoms with E-state index in [-0.39, 0.29) is 5.76 Å². The first-order valence-corrected chi connectivity index (χ1v) is 5.77. The number of unbranched alkanes of at least 4 members (excludes halogenated alkanes) is 1. The quantitative estimate of drug-likeness (QED) is 0.848. The summed E-state index contributed by atoms with van der Waals surface area (Å²) >= 11 is 0. The zero-order valence-electron chi connectivity index (χ0n) is 9.45. The van der Waals surface area contributed by atoms with Crippen LogP contribution in [0.2, 0.25) is 0 Å². The Labute approximate surface area is 94.8 Å². The minimum atomic E-state index is -0.982. The van der Waals surface area contributed by atoms with Gasteiger partial charge in [-0.05, 0) is 30.9 Å². The minimum absolute atomic E-state index is 0.0642. The maximum absolute atomic E-state index is 10.8. The van der Waals surface area contributed by atoms with Crippen molar-refractivity contribution in [2.75, 3.05) is 0 Å². The molecule has 0 unspecified atom stereocenters. The summed E-state index contributed by atoms with van der Waals surface area (Å²) in [5.41, 5.74) is 2.26. The number of rotatable bonds is 3. The molecule has 1 aliphatic rings. The molecule has 1 aromatic heterocycles. The van der Waals surface area contributed by atoms with Gasteiger partial charge in [-0.2, -0.15) is 0 Å². The lowest BCUT2D eigenvalue weighted by Gasteiger charge is -2.13. The molecular weight excluding hydrogens is 204 g/mol. The third kappa shape index (κ3) is 2.03. The lowest BCUT2D eigenvalue weighted by Crippen LogP contribution is -1.97. The van der Waals surface area contributed by atoms with E-state index in [2.05, 4.69) is 13.0 Å². The van der Waals surface area contributed by atoms with Crippen LogP contribution in [-0.4, -0.2) is 11.1 Å². The third-order valence-electron chi connectivity index (χ3n) is 2.90. The predicted octanol–water partition coefficient (Wildman–Crippen LogP) is 3.50. The van der Waals surface area contributed by atoms with Crippen molar-refractivity contribution in [1.29, 1.82) is 0 Å². The largest absolute Gasteiger partial charge is 0.475 e. The molecule has 0 aliphatic heterocycles. The Morgan fingerprint density at radius 3 is 3.06 bits per heavy atom. The normalized spacial score (nSPS) is 17.4. The summed E-state index contributed by atoms with van der Waals surface area (Å²) in [7, 11) is 0. The molecule has 0 aromatic carbocycles. The second kappa shape index (κ2) is 4.56. The maximum atomic E-state index is 10.8. The van der Waals surface area contributed by atoms with Gasteiger partial charge < -0.3 is 9.52 Å². The summed E-state index contributed by atoms with van der Waals surface area (Å²) in [6.07, 6.45) is 7.30. The standard InChI is InChI=1S/C13H16O3/c1-2-3-5-9-6-4-7-11-10(9)8-12(16-11)13(14)15/h5,8H,2-4,6-7H2,1H3,(H,14,15). The Hall–Kier alpha value is -1.51. The number of hydrogen-bond acceptors (Lipinski definition) is 2. The number of aryl methyl sites for hydroxylation is 1. The summed E-state index contributed by atoms with van der Waals surface area (Å²) in [5.74, 6) is -0.0791. The van der Waals surface area contributed by atoms with Crippen molar-refractivity contribution in [2.24, 2.45) is 0 Å². The van der Waals surface area contributed by atoms with Crippen molar-refractivity contribution in [3.8, 4) is 0 Å². The van der Waals surface area contributed by atoms with E-state index in [4.69, 9.17) is 9.52 Å². The molecule has 3 nitrogen and oxygen atoms in total. The molecule has 1 aliphatic carbocycles. The molecule has 0 saturated heterocycles. The zero-order valence-corrected chi connectivity index (χ0v) is 9.45. The number of carboxylic acid groups (broad SMARTS) is 1. The highest BCUT2D eigenvalue weighted by molar-refractivity contribution is 5.86. The fourth-order valence-corrected chi connectivity index (χ4v) is 2.10. The van der Waals surface area contributed by atoms with Gasteiger partial charge in [0.05, 0.1) is 0 Å². The van der Waals surface area contributed by atoms with Gasteiger partial charge in [0.1, 0.15) is 5.76 Å². The molecule has 0 radical (unpaired) electrons. The Bertz CT molecular complexity index is 426. The monoisotopic (exact) mass is 220 g/mol. The second-order valence-corrected chi connectivity index (χ2v) is 4.12. The number of carbonyl (C=O) groups is 1. The van der Waals surface area contributed by atoms with Crippen LogP contribution in [0.4, 0.5) is 0 Å². The molecule has 0 fully saturated rings. The summed E-state index contributed by atoms with van der Waals surface area (Å²) in [6.45, 7) is 2.14. The number of carboxylic acids is 1. The molecular formula is C13H16O3. The zero-order chi connectivity index (χ0) is 11.5. The highest BCUT2D eigenvalue weighted by atomic mass is 16.4. The molecule has 0 atom stereocenters. The number of hydrogen-bond donors (Lipinski definition) is 1. The maximum Gasteiger partial charge on any atom is 0.371 e. The van der Waals surface area contributed by atoms with Gasteiger partial charge in [0.25, 0.3) is 0 Å². The summed E-state index contributed by atoms with van der Waals surface area (Å²) in [4.78, 5) is 10.8. The molecule has 1 N–H and O–H groups in total. The summed E-state index contributed by atoms with van der Waals surface area (Å²) < 4.78 is 5.34. The van der Waals surface area contributed by atoms with Crippen LogP contribution in [0.25, 0.3) is 5.57 Å². The first-order valence-electron chi connectivity index (χ1n) is 5.77. The van der Waals surface area contributed by atoms with Crippen molar-refractivity contribution in [1.82, 2.24) is 0 Å². The molecule has 0 spiro atoms. The first-order chi connectivity index (χ1) is 7.72. The van der Waals surface area contributed by atoms with Crippen LogP contribution in [0.5, 0.6) is 0 Å². The molecule has 0 bridgehead atoms. The van der Waals surface area contributed by atoms with Gasteiger partial charge in [-0.25, -0.2) is 4.79 Å². The third-order valence-corrected chi connectivity index (χ3v) is 2.90. The van der Waals surface area contributed by atoms with E-state index in [1.807, 2.05) is 0 Å². The van der Waals surface area contributed by atoms with Gasteiger partial charge >= 0.3 is 5.97 Å². The lowest BCUT2D eigenvalue weighted by molar-refractivity contribution is 0.0660. The van der Waals surface area contributed by atoms with Gasteiger partial charge in [-0.1, -0.05) is 19.4 Å². The lowest BCUT2D eigenvalue weighted by atomic mass is 9.92. The van der Waals surface area contributed by atoms with E-state index < -0.39 is 5.97 Å². The second-order valence-electron chi connectivity index (χ2n) is 4.12. The van der Waals surface area contributed by atoms with Crippen molar-refractivity contribution < 1.29 is 14.3 Å². The van der Waals surface area contributed by atoms with Gasteiger partial charge in [-0.15, -0.1) is 0 Å². The van der Waals surface area contributed by atoms with Crippen molar-refractivity contribution in [3.05, 3.63) is 29.2 Å². The Morgan fingerprint density at radius 2 is 2.38 bits per heavy atom. The minimum Gasteiger partial charge on any atom is -0.475 e. The van der Waals surface area contributed by atoms with Gasteiger partial charge in [0.2, 0.25) is 5.76 Å². The van der Waals surface area contributed by atoms with E-state index >= 15 is 0 Å². The topological polar surface area (TPSA) is 50.4 Å². The van der Waals surface area contributed by atoms with Gasteiger partial charge in [-0.3, -0.25) is 0 Å². The van der Waals surface area contributed by atoms with Crippen LogP contribution in [0.3, 0.4) is 0 Å². The molecule has 1 aromatic rings. The molecule has 16 heavy (non-hydrogen) atoms. The van der Waals surface area contributed by atoms with E-state index in [1.165, 1.54) is 5.57 Å². The molecule has 0 amide bonds. The summed E-state index contributed by atoms with van der Waals surface area (Å²) in [5, 5.41) is 8.88. The van der Waals surface area contributed by atoms with Crippen LogP contribution in [-0.2, 0) is 6.42 Å². The molecule has 2 rings (SSSR count). The fraction of sp³-hybridized carbons (Fsp3) is 0.462. The Balaban J connectivity index is 2.34. The number of aromatic carboxylic acids is 1. The van der Waals surface area contributed by atoms with Crippen molar-refractivity contribution in [2.45, 2.75) is 39.0 Å². The molecule has 1 heterocycles. The number of allylic oxidation sites excluding steroid dienone is 2. The smallest absolute Gasteiger partial charge is 0.371 e. The van der Waals surface area contributed by atoms with Crippen LogP contribution in [0.15, 0.2) is 16.6 Å². The first kappa shape index (κ1) is 11.0. The highest BCUT2D eigenvalue weighted by Crippen LogP contribution is 2.33. The van der Waals surface area contributed by atoms with E-state index in [9.17, 15) is 4.79 Å². The Kier molecular flexibility index (Phi) is 3.13. The van der Waals surface area contributed by atoms with E-state index in [0.29, 0.717) is 0 Å². The highest BCUT2D eigenvalue weighted by Gasteiger charge is 2.21. The van der Waals surface area contributed by atoms with Crippen LogP contribution in [0.1, 0.15) is 54.5 Å². The van der Waals surface area contributed by atoms with Gasteiger partial charge in [0.15, 0.2) is 0 Å². The SMILES string of the molecule is CCCC=C1CCCc2oc(C(=O)O)cc21. The van der Waals surface area contributed by atoms with Crippen LogP contribution < -0.4 is 0 Å². The predicted molar refractivity (Wildman–Crippen MR) is 61.5 cm³/mol. The van der Waals surface area contributed by atoms with Crippen molar-refractivity contribution in [3.63, 3.8) is 0 Å².